The maximum Gasteiger partial charge on any atom is 0.358 e. The first-order valence-corrected chi connectivity index (χ1v) is 6.44. The van der Waals surface area contributed by atoms with Gasteiger partial charge in [-0.1, -0.05) is 30.3 Å². The summed E-state index contributed by atoms with van der Waals surface area (Å²) in [6.07, 6.45) is 1.79. The molecule has 0 aliphatic carbocycles. The topological polar surface area (TPSA) is 44.1 Å². The molecule has 0 aliphatic rings. The van der Waals surface area contributed by atoms with E-state index in [0.29, 0.717) is 12.3 Å². The van der Waals surface area contributed by atoms with E-state index in [2.05, 4.69) is 17.2 Å². The van der Waals surface area contributed by atoms with Gasteiger partial charge in [-0.25, -0.2) is 4.79 Å². The summed E-state index contributed by atoms with van der Waals surface area (Å²) in [4.78, 5) is 11.6. The van der Waals surface area contributed by atoms with E-state index in [9.17, 15) is 4.79 Å². The van der Waals surface area contributed by atoms with Gasteiger partial charge < -0.3 is 4.74 Å². The maximum atomic E-state index is 11.6. The van der Waals surface area contributed by atoms with Gasteiger partial charge in [-0.2, -0.15) is 5.10 Å². The minimum atomic E-state index is -0.357. The summed E-state index contributed by atoms with van der Waals surface area (Å²) in [5.41, 5.74) is 2.70. The summed E-state index contributed by atoms with van der Waals surface area (Å²) in [7, 11) is 1.85. The van der Waals surface area contributed by atoms with Crippen molar-refractivity contribution in [3.63, 3.8) is 0 Å². The van der Waals surface area contributed by atoms with Gasteiger partial charge in [0.1, 0.15) is 0 Å². The summed E-state index contributed by atoms with van der Waals surface area (Å²) in [5.74, 6) is -0.357. The molecule has 100 valence electrons. The van der Waals surface area contributed by atoms with Gasteiger partial charge in [0.15, 0.2) is 5.69 Å². The Kier molecular flexibility index (Phi) is 4.34. The fraction of sp³-hybridized carbons (Fsp3) is 0.333. The number of hydrogen-bond donors (Lipinski definition) is 0. The van der Waals surface area contributed by atoms with Crippen molar-refractivity contribution in [3.05, 3.63) is 53.3 Å². The summed E-state index contributed by atoms with van der Waals surface area (Å²) in [6, 6.07) is 12.1. The van der Waals surface area contributed by atoms with Crippen molar-refractivity contribution in [1.82, 2.24) is 9.78 Å². The number of carbonyl (C=O) groups excluding carboxylic acids is 1. The SMILES string of the molecule is CCOC(=O)c1cc(CCc2ccccc2)n(C)n1. The fourth-order valence-electron chi connectivity index (χ4n) is 1.96. The molecule has 0 radical (unpaired) electrons. The molecule has 0 fully saturated rings. The number of rotatable bonds is 5. The molecule has 2 aromatic rings. The van der Waals surface area contributed by atoms with E-state index in [4.69, 9.17) is 4.74 Å². The highest BCUT2D eigenvalue weighted by atomic mass is 16.5. The van der Waals surface area contributed by atoms with Crippen LogP contribution in [0.3, 0.4) is 0 Å². The molecule has 0 bridgehead atoms. The van der Waals surface area contributed by atoms with Crippen molar-refractivity contribution < 1.29 is 9.53 Å². The Morgan fingerprint density at radius 2 is 2.00 bits per heavy atom. The Balaban J connectivity index is 2.03. The Labute approximate surface area is 113 Å². The van der Waals surface area contributed by atoms with E-state index >= 15 is 0 Å². The van der Waals surface area contributed by atoms with Crippen LogP contribution in [0, 0.1) is 0 Å². The minimum Gasteiger partial charge on any atom is -0.461 e. The van der Waals surface area contributed by atoms with Gasteiger partial charge >= 0.3 is 5.97 Å². The second kappa shape index (κ2) is 6.18. The van der Waals surface area contributed by atoms with Crippen molar-refractivity contribution in [1.29, 1.82) is 0 Å². The Morgan fingerprint density at radius 1 is 1.26 bits per heavy atom. The third-order valence-electron chi connectivity index (χ3n) is 2.97. The molecule has 0 atom stereocenters. The molecule has 1 aromatic heterocycles. The van der Waals surface area contributed by atoms with Crippen LogP contribution < -0.4 is 0 Å². The number of aromatic nitrogens is 2. The summed E-state index contributed by atoms with van der Waals surface area (Å²) in [6.45, 7) is 2.16. The van der Waals surface area contributed by atoms with Crippen LogP contribution >= 0.6 is 0 Å². The van der Waals surface area contributed by atoms with Crippen molar-refractivity contribution >= 4 is 5.97 Å². The molecule has 1 aromatic carbocycles. The van der Waals surface area contributed by atoms with E-state index < -0.39 is 0 Å². The molecule has 0 saturated carbocycles. The zero-order valence-electron chi connectivity index (χ0n) is 11.3. The zero-order valence-corrected chi connectivity index (χ0v) is 11.3. The number of benzene rings is 1. The lowest BCUT2D eigenvalue weighted by atomic mass is 10.1. The zero-order chi connectivity index (χ0) is 13.7. The number of carbonyl (C=O) groups is 1. The lowest BCUT2D eigenvalue weighted by Gasteiger charge is -2.01. The molecular formula is C15H18N2O2. The van der Waals surface area contributed by atoms with E-state index in [1.54, 1.807) is 17.7 Å². The van der Waals surface area contributed by atoms with Crippen LogP contribution in [0.4, 0.5) is 0 Å². The second-order valence-electron chi connectivity index (χ2n) is 4.35. The standard InChI is InChI=1S/C15H18N2O2/c1-3-19-15(18)14-11-13(17(2)16-14)10-9-12-7-5-4-6-8-12/h4-8,11H,3,9-10H2,1-2H3. The van der Waals surface area contributed by atoms with Gasteiger partial charge in [0.25, 0.3) is 0 Å². The van der Waals surface area contributed by atoms with Gasteiger partial charge in [0, 0.05) is 12.7 Å². The summed E-state index contributed by atoms with van der Waals surface area (Å²) >= 11 is 0. The Morgan fingerprint density at radius 3 is 2.68 bits per heavy atom. The van der Waals surface area contributed by atoms with Crippen LogP contribution in [0.2, 0.25) is 0 Å². The first kappa shape index (κ1) is 13.3. The normalized spacial score (nSPS) is 10.4. The van der Waals surface area contributed by atoms with Crippen molar-refractivity contribution in [2.24, 2.45) is 7.05 Å². The van der Waals surface area contributed by atoms with E-state index in [1.807, 2.05) is 25.2 Å². The Bertz CT molecular complexity index is 547. The lowest BCUT2D eigenvalue weighted by Crippen LogP contribution is -2.06. The molecule has 0 spiro atoms. The fourth-order valence-corrected chi connectivity index (χ4v) is 1.96. The maximum absolute atomic E-state index is 11.6. The smallest absolute Gasteiger partial charge is 0.358 e. The quantitative estimate of drug-likeness (QED) is 0.773. The number of ether oxygens (including phenoxy) is 1. The second-order valence-corrected chi connectivity index (χ2v) is 4.35. The molecule has 19 heavy (non-hydrogen) atoms. The third-order valence-corrected chi connectivity index (χ3v) is 2.97. The molecule has 0 unspecified atom stereocenters. The highest BCUT2D eigenvalue weighted by Crippen LogP contribution is 2.09. The van der Waals surface area contributed by atoms with Gasteiger partial charge in [-0.15, -0.1) is 0 Å². The molecule has 4 nitrogen and oxygen atoms in total. The summed E-state index contributed by atoms with van der Waals surface area (Å²) in [5, 5.41) is 4.18. The number of nitrogens with zero attached hydrogens (tertiary/aromatic N) is 2. The van der Waals surface area contributed by atoms with Crippen LogP contribution in [-0.4, -0.2) is 22.4 Å². The van der Waals surface area contributed by atoms with Crippen LogP contribution in [-0.2, 0) is 24.6 Å². The predicted molar refractivity (Wildman–Crippen MR) is 73.0 cm³/mol. The molecular weight excluding hydrogens is 240 g/mol. The van der Waals surface area contributed by atoms with Crippen molar-refractivity contribution in [2.45, 2.75) is 19.8 Å². The highest BCUT2D eigenvalue weighted by Gasteiger charge is 2.13. The highest BCUT2D eigenvalue weighted by molar-refractivity contribution is 5.87. The molecule has 4 heteroatoms. The largest absolute Gasteiger partial charge is 0.461 e. The Hall–Kier alpha value is -2.10. The molecule has 0 amide bonds. The number of aryl methyl sites for hydroxylation is 3. The van der Waals surface area contributed by atoms with Crippen LogP contribution in [0.15, 0.2) is 36.4 Å². The average molecular weight is 258 g/mol. The number of hydrogen-bond acceptors (Lipinski definition) is 3. The first-order chi connectivity index (χ1) is 9.20. The summed E-state index contributed by atoms with van der Waals surface area (Å²) < 4.78 is 6.69. The third kappa shape index (κ3) is 3.44. The van der Waals surface area contributed by atoms with E-state index in [1.165, 1.54) is 5.56 Å². The van der Waals surface area contributed by atoms with Crippen LogP contribution in [0.5, 0.6) is 0 Å². The van der Waals surface area contributed by atoms with Gasteiger partial charge in [0.05, 0.1) is 6.61 Å². The van der Waals surface area contributed by atoms with Crippen LogP contribution in [0.1, 0.15) is 28.7 Å². The molecule has 0 N–H and O–H groups in total. The van der Waals surface area contributed by atoms with Crippen LogP contribution in [0.25, 0.3) is 0 Å². The number of esters is 1. The van der Waals surface area contributed by atoms with Gasteiger partial charge in [-0.05, 0) is 31.4 Å². The van der Waals surface area contributed by atoms with Gasteiger partial charge in [0.2, 0.25) is 0 Å². The van der Waals surface area contributed by atoms with E-state index in [0.717, 1.165) is 18.5 Å². The molecule has 1 heterocycles. The average Bonchev–Trinajstić information content (AvgIpc) is 2.79. The first-order valence-electron chi connectivity index (χ1n) is 6.44. The molecule has 0 saturated heterocycles. The van der Waals surface area contributed by atoms with Crippen molar-refractivity contribution in [2.75, 3.05) is 6.61 Å². The molecule has 0 aliphatic heterocycles. The molecule has 2 rings (SSSR count). The van der Waals surface area contributed by atoms with Gasteiger partial charge in [-0.3, -0.25) is 4.68 Å². The predicted octanol–water partition coefficient (Wildman–Crippen LogP) is 2.38. The minimum absolute atomic E-state index is 0.357. The monoisotopic (exact) mass is 258 g/mol. The van der Waals surface area contributed by atoms with E-state index in [-0.39, 0.29) is 5.97 Å². The van der Waals surface area contributed by atoms with Crippen molar-refractivity contribution in [3.8, 4) is 0 Å². The lowest BCUT2D eigenvalue weighted by molar-refractivity contribution is 0.0518.